The van der Waals surface area contributed by atoms with E-state index in [0.29, 0.717) is 18.1 Å². The first-order valence-electron chi connectivity index (χ1n) is 9.06. The van der Waals surface area contributed by atoms with E-state index in [1.54, 1.807) is 30.1 Å². The Bertz CT molecular complexity index is 938. The number of fused-ring (bicyclic) bond motifs is 1. The molecule has 3 rings (SSSR count). The highest BCUT2D eigenvalue weighted by Crippen LogP contribution is 2.30. The highest BCUT2D eigenvalue weighted by atomic mass is 19.1. The standard InChI is InChI=1S/C21H24FN3O2/c1-4-14(17-13-23-19-12-15(22)8-9-16(17)19)10-11-25(2)21(26)18-6-5-7-20(24-18)27-3/h5-9,12-14,23H,4,10-11H2,1-3H3. The molecule has 0 aliphatic carbocycles. The molecule has 3 aromatic rings. The summed E-state index contributed by atoms with van der Waals surface area (Å²) in [6.07, 6.45) is 3.69. The van der Waals surface area contributed by atoms with Crippen LogP contribution in [0.25, 0.3) is 10.9 Å². The fourth-order valence-corrected chi connectivity index (χ4v) is 3.33. The molecule has 0 saturated heterocycles. The molecular weight excluding hydrogens is 345 g/mol. The number of amides is 1. The number of aromatic amines is 1. The second kappa shape index (κ2) is 8.20. The third kappa shape index (κ3) is 4.10. The van der Waals surface area contributed by atoms with E-state index in [0.717, 1.165) is 29.3 Å². The fraction of sp³-hybridized carbons (Fsp3) is 0.333. The van der Waals surface area contributed by atoms with Crippen LogP contribution in [0.4, 0.5) is 4.39 Å². The molecule has 0 fully saturated rings. The molecule has 0 bridgehead atoms. The minimum atomic E-state index is -0.250. The molecule has 1 amide bonds. The Balaban J connectivity index is 1.70. The van der Waals surface area contributed by atoms with Crippen molar-refractivity contribution in [2.45, 2.75) is 25.7 Å². The first-order chi connectivity index (χ1) is 13.0. The van der Waals surface area contributed by atoms with Crippen molar-refractivity contribution in [3.63, 3.8) is 0 Å². The Morgan fingerprint density at radius 3 is 2.89 bits per heavy atom. The van der Waals surface area contributed by atoms with Gasteiger partial charge in [-0.1, -0.05) is 13.0 Å². The van der Waals surface area contributed by atoms with Gasteiger partial charge in [0.1, 0.15) is 11.5 Å². The van der Waals surface area contributed by atoms with Crippen LogP contribution in [-0.4, -0.2) is 41.5 Å². The van der Waals surface area contributed by atoms with E-state index >= 15 is 0 Å². The summed E-state index contributed by atoms with van der Waals surface area (Å²) in [6.45, 7) is 2.72. The molecule has 1 aromatic carbocycles. The molecule has 6 heteroatoms. The van der Waals surface area contributed by atoms with Gasteiger partial charge in [0.25, 0.3) is 5.91 Å². The maximum Gasteiger partial charge on any atom is 0.272 e. The average Bonchev–Trinajstić information content (AvgIpc) is 3.10. The molecule has 2 aromatic heterocycles. The molecule has 2 heterocycles. The largest absolute Gasteiger partial charge is 0.481 e. The van der Waals surface area contributed by atoms with Gasteiger partial charge in [-0.2, -0.15) is 0 Å². The third-order valence-corrected chi connectivity index (χ3v) is 4.92. The molecular formula is C21H24FN3O2. The first-order valence-corrected chi connectivity index (χ1v) is 9.06. The lowest BCUT2D eigenvalue weighted by atomic mass is 9.92. The van der Waals surface area contributed by atoms with Gasteiger partial charge in [0.2, 0.25) is 5.88 Å². The van der Waals surface area contributed by atoms with Gasteiger partial charge in [0, 0.05) is 36.8 Å². The van der Waals surface area contributed by atoms with Crippen molar-refractivity contribution in [3.05, 3.63) is 59.7 Å². The second-order valence-electron chi connectivity index (χ2n) is 6.62. The lowest BCUT2D eigenvalue weighted by Crippen LogP contribution is -2.29. The number of ether oxygens (including phenoxy) is 1. The quantitative estimate of drug-likeness (QED) is 0.673. The zero-order valence-corrected chi connectivity index (χ0v) is 15.8. The van der Waals surface area contributed by atoms with Crippen LogP contribution in [0.1, 0.15) is 41.7 Å². The predicted octanol–water partition coefficient (Wildman–Crippen LogP) is 4.37. The Morgan fingerprint density at radius 2 is 2.15 bits per heavy atom. The van der Waals surface area contributed by atoms with Gasteiger partial charge in [-0.25, -0.2) is 9.37 Å². The van der Waals surface area contributed by atoms with Crippen molar-refractivity contribution in [3.8, 4) is 5.88 Å². The maximum atomic E-state index is 13.4. The van der Waals surface area contributed by atoms with Gasteiger partial charge in [0.15, 0.2) is 0 Å². The van der Waals surface area contributed by atoms with Crippen LogP contribution in [0.2, 0.25) is 0 Å². The molecule has 1 N–H and O–H groups in total. The second-order valence-corrected chi connectivity index (χ2v) is 6.62. The van der Waals surface area contributed by atoms with E-state index in [1.807, 2.05) is 12.3 Å². The monoisotopic (exact) mass is 369 g/mol. The van der Waals surface area contributed by atoms with Crippen LogP contribution < -0.4 is 4.74 Å². The lowest BCUT2D eigenvalue weighted by molar-refractivity contribution is 0.0784. The van der Waals surface area contributed by atoms with E-state index < -0.39 is 0 Å². The van der Waals surface area contributed by atoms with E-state index in [1.165, 1.54) is 19.2 Å². The normalized spacial score (nSPS) is 12.1. The molecule has 5 nitrogen and oxygen atoms in total. The van der Waals surface area contributed by atoms with Crippen LogP contribution >= 0.6 is 0 Å². The van der Waals surface area contributed by atoms with Gasteiger partial charge >= 0.3 is 0 Å². The number of rotatable bonds is 7. The number of methoxy groups -OCH3 is 1. The average molecular weight is 369 g/mol. The summed E-state index contributed by atoms with van der Waals surface area (Å²) in [5.41, 5.74) is 2.33. The Morgan fingerprint density at radius 1 is 1.33 bits per heavy atom. The Kier molecular flexibility index (Phi) is 5.74. The number of nitrogens with zero attached hydrogens (tertiary/aromatic N) is 2. The summed E-state index contributed by atoms with van der Waals surface area (Å²) in [7, 11) is 3.31. The van der Waals surface area contributed by atoms with Crippen LogP contribution in [0.15, 0.2) is 42.6 Å². The number of nitrogens with one attached hydrogen (secondary N) is 1. The molecule has 0 radical (unpaired) electrons. The minimum Gasteiger partial charge on any atom is -0.481 e. The number of pyridine rings is 1. The number of carbonyl (C=O) groups excluding carboxylic acids is 1. The van der Waals surface area contributed by atoms with Crippen molar-refractivity contribution in [2.75, 3.05) is 20.7 Å². The predicted molar refractivity (Wildman–Crippen MR) is 104 cm³/mol. The molecule has 0 spiro atoms. The molecule has 1 atom stereocenters. The molecule has 27 heavy (non-hydrogen) atoms. The summed E-state index contributed by atoms with van der Waals surface area (Å²) in [5.74, 6) is 0.314. The Labute approximate surface area is 158 Å². The SMILES string of the molecule is CCC(CCN(C)C(=O)c1cccc(OC)n1)c1c[nH]c2cc(F)ccc12. The summed E-state index contributed by atoms with van der Waals surface area (Å²) in [6, 6.07) is 9.96. The summed E-state index contributed by atoms with van der Waals surface area (Å²) < 4.78 is 18.5. The molecule has 1 unspecified atom stereocenters. The number of H-pyrrole nitrogens is 1. The first kappa shape index (κ1) is 18.9. The van der Waals surface area contributed by atoms with Crippen molar-refractivity contribution in [1.82, 2.24) is 14.9 Å². The summed E-state index contributed by atoms with van der Waals surface area (Å²) in [4.78, 5) is 21.6. The summed E-state index contributed by atoms with van der Waals surface area (Å²) in [5, 5.41) is 1.03. The molecule has 142 valence electrons. The van der Waals surface area contributed by atoms with E-state index in [-0.39, 0.29) is 17.6 Å². The van der Waals surface area contributed by atoms with Crippen LogP contribution in [0, 0.1) is 5.82 Å². The van der Waals surface area contributed by atoms with Crippen molar-refractivity contribution < 1.29 is 13.9 Å². The third-order valence-electron chi connectivity index (χ3n) is 4.92. The van der Waals surface area contributed by atoms with E-state index in [4.69, 9.17) is 4.74 Å². The van der Waals surface area contributed by atoms with Gasteiger partial charge in [0.05, 0.1) is 7.11 Å². The highest BCUT2D eigenvalue weighted by molar-refractivity contribution is 5.92. The Hall–Kier alpha value is -2.89. The fourth-order valence-electron chi connectivity index (χ4n) is 3.33. The van der Waals surface area contributed by atoms with Gasteiger partial charge in [-0.3, -0.25) is 4.79 Å². The number of hydrogen-bond acceptors (Lipinski definition) is 3. The van der Waals surface area contributed by atoms with Crippen LogP contribution in [-0.2, 0) is 0 Å². The molecule has 0 aliphatic heterocycles. The van der Waals surface area contributed by atoms with Gasteiger partial charge in [-0.15, -0.1) is 0 Å². The number of halogens is 1. The van der Waals surface area contributed by atoms with Crippen molar-refractivity contribution in [2.24, 2.45) is 0 Å². The van der Waals surface area contributed by atoms with Gasteiger partial charge < -0.3 is 14.6 Å². The van der Waals surface area contributed by atoms with Crippen LogP contribution in [0.3, 0.4) is 0 Å². The zero-order chi connectivity index (χ0) is 19.4. The van der Waals surface area contributed by atoms with Crippen molar-refractivity contribution >= 4 is 16.8 Å². The summed E-state index contributed by atoms with van der Waals surface area (Å²) >= 11 is 0. The molecule has 0 saturated carbocycles. The van der Waals surface area contributed by atoms with Crippen LogP contribution in [0.5, 0.6) is 5.88 Å². The number of benzene rings is 1. The minimum absolute atomic E-state index is 0.134. The zero-order valence-electron chi connectivity index (χ0n) is 15.8. The van der Waals surface area contributed by atoms with E-state index in [2.05, 4.69) is 16.9 Å². The smallest absolute Gasteiger partial charge is 0.272 e. The van der Waals surface area contributed by atoms with E-state index in [9.17, 15) is 9.18 Å². The molecule has 0 aliphatic rings. The number of hydrogen-bond donors (Lipinski definition) is 1. The topological polar surface area (TPSA) is 58.2 Å². The van der Waals surface area contributed by atoms with Gasteiger partial charge in [-0.05, 0) is 48.6 Å². The lowest BCUT2D eigenvalue weighted by Gasteiger charge is -2.21. The number of carbonyl (C=O) groups is 1. The number of aromatic nitrogens is 2. The highest BCUT2D eigenvalue weighted by Gasteiger charge is 2.18. The maximum absolute atomic E-state index is 13.4. The van der Waals surface area contributed by atoms with Crippen molar-refractivity contribution in [1.29, 1.82) is 0 Å².